The molecule has 0 aliphatic rings. The third-order valence-electron chi connectivity index (χ3n) is 4.21. The number of methoxy groups -OCH3 is 1. The number of amides is 1. The van der Waals surface area contributed by atoms with Crippen LogP contribution in [-0.4, -0.2) is 24.0 Å². The number of aromatic amines is 1. The minimum absolute atomic E-state index is 0.0140. The van der Waals surface area contributed by atoms with Crippen LogP contribution in [0.1, 0.15) is 34.1 Å². The van der Waals surface area contributed by atoms with E-state index in [2.05, 4.69) is 10.3 Å². The molecule has 0 saturated heterocycles. The molecule has 3 rings (SSSR count). The molecule has 6 heteroatoms. The van der Waals surface area contributed by atoms with Crippen molar-refractivity contribution in [2.45, 2.75) is 19.4 Å². The predicted molar refractivity (Wildman–Crippen MR) is 96.3 cm³/mol. The molecule has 0 bridgehead atoms. The maximum atomic E-state index is 13.3. The highest BCUT2D eigenvalue weighted by atomic mass is 19.1. The number of carbonyl (C=O) groups is 2. The summed E-state index contributed by atoms with van der Waals surface area (Å²) in [4.78, 5) is 27.3. The molecule has 0 unspecified atom stereocenters. The summed E-state index contributed by atoms with van der Waals surface area (Å²) in [6, 6.07) is 12.9. The number of hydrogen-bond acceptors (Lipinski definition) is 3. The highest BCUT2D eigenvalue weighted by Crippen LogP contribution is 2.21. The number of aryl methyl sites for hydroxylation is 1. The molecular formula is C20H19FN2O3. The number of aromatic nitrogens is 1. The van der Waals surface area contributed by atoms with E-state index in [-0.39, 0.29) is 18.1 Å². The lowest BCUT2D eigenvalue weighted by Crippen LogP contribution is -2.30. The van der Waals surface area contributed by atoms with Gasteiger partial charge in [0.2, 0.25) is 0 Å². The number of H-pyrrole nitrogens is 1. The van der Waals surface area contributed by atoms with Crippen molar-refractivity contribution in [1.82, 2.24) is 10.3 Å². The van der Waals surface area contributed by atoms with E-state index in [0.29, 0.717) is 16.6 Å². The average Bonchev–Trinajstić information content (AvgIpc) is 3.05. The summed E-state index contributed by atoms with van der Waals surface area (Å²) in [5.41, 5.74) is 2.84. The first-order valence-electron chi connectivity index (χ1n) is 8.19. The van der Waals surface area contributed by atoms with Gasteiger partial charge in [-0.25, -0.2) is 4.39 Å². The highest BCUT2D eigenvalue weighted by molar-refractivity contribution is 5.98. The van der Waals surface area contributed by atoms with E-state index in [4.69, 9.17) is 4.74 Å². The Kier molecular flexibility index (Phi) is 5.02. The number of benzene rings is 2. The number of nitrogens with one attached hydrogen (secondary N) is 2. The molecule has 26 heavy (non-hydrogen) atoms. The molecule has 3 aromatic rings. The number of ether oxygens (including phenoxy) is 1. The van der Waals surface area contributed by atoms with Gasteiger partial charge in [0, 0.05) is 10.9 Å². The lowest BCUT2D eigenvalue weighted by molar-refractivity contribution is -0.141. The monoisotopic (exact) mass is 354 g/mol. The smallest absolute Gasteiger partial charge is 0.307 e. The standard InChI is InChI=1S/C20H19FN2O3/c1-12-3-5-13(6-4-12)17(11-19(24)26-2)23-20(25)18-10-14-9-15(21)7-8-16(14)22-18/h3-10,17,22H,11H2,1-2H3,(H,23,25)/t17-/m1/s1. The van der Waals surface area contributed by atoms with Crippen LogP contribution >= 0.6 is 0 Å². The van der Waals surface area contributed by atoms with E-state index in [0.717, 1.165) is 11.1 Å². The van der Waals surface area contributed by atoms with Crippen molar-refractivity contribution in [1.29, 1.82) is 0 Å². The van der Waals surface area contributed by atoms with Gasteiger partial charge in [-0.05, 0) is 36.8 Å². The van der Waals surface area contributed by atoms with E-state index in [1.807, 2.05) is 31.2 Å². The van der Waals surface area contributed by atoms with E-state index in [1.54, 1.807) is 12.1 Å². The zero-order valence-corrected chi connectivity index (χ0v) is 14.5. The zero-order valence-electron chi connectivity index (χ0n) is 14.5. The van der Waals surface area contributed by atoms with Gasteiger partial charge in [0.05, 0.1) is 19.6 Å². The SMILES string of the molecule is COC(=O)C[C@@H](NC(=O)c1cc2cc(F)ccc2[nH]1)c1ccc(C)cc1. The van der Waals surface area contributed by atoms with Gasteiger partial charge < -0.3 is 15.0 Å². The first-order valence-corrected chi connectivity index (χ1v) is 8.19. The lowest BCUT2D eigenvalue weighted by Gasteiger charge is -2.18. The Morgan fingerprint density at radius 1 is 1.15 bits per heavy atom. The van der Waals surface area contributed by atoms with E-state index < -0.39 is 12.0 Å². The van der Waals surface area contributed by atoms with Crippen LogP contribution in [-0.2, 0) is 9.53 Å². The van der Waals surface area contributed by atoms with Gasteiger partial charge in [-0.15, -0.1) is 0 Å². The lowest BCUT2D eigenvalue weighted by atomic mass is 10.0. The molecule has 0 aliphatic heterocycles. The molecule has 2 aromatic carbocycles. The van der Waals surface area contributed by atoms with Gasteiger partial charge in [0.1, 0.15) is 11.5 Å². The molecule has 0 radical (unpaired) electrons. The number of fused-ring (bicyclic) bond motifs is 1. The molecule has 0 saturated carbocycles. The van der Waals surface area contributed by atoms with Gasteiger partial charge in [-0.2, -0.15) is 0 Å². The van der Waals surface area contributed by atoms with Crippen LogP contribution in [0.3, 0.4) is 0 Å². The normalized spacial score (nSPS) is 12.0. The summed E-state index contributed by atoms with van der Waals surface area (Å²) < 4.78 is 18.1. The van der Waals surface area contributed by atoms with Crippen molar-refractivity contribution in [2.75, 3.05) is 7.11 Å². The first-order chi connectivity index (χ1) is 12.5. The van der Waals surface area contributed by atoms with Crippen LogP contribution in [0, 0.1) is 12.7 Å². The van der Waals surface area contributed by atoms with Crippen LogP contribution in [0.15, 0.2) is 48.5 Å². The van der Waals surface area contributed by atoms with Gasteiger partial charge in [-0.3, -0.25) is 9.59 Å². The number of carbonyl (C=O) groups excluding carboxylic acids is 2. The first kappa shape index (κ1) is 17.7. The Labute approximate surface area is 150 Å². The Bertz CT molecular complexity index is 947. The second-order valence-corrected chi connectivity index (χ2v) is 6.13. The molecule has 134 valence electrons. The molecule has 1 atom stereocenters. The van der Waals surface area contributed by atoms with Crippen molar-refractivity contribution >= 4 is 22.8 Å². The fourth-order valence-corrected chi connectivity index (χ4v) is 2.76. The van der Waals surface area contributed by atoms with Crippen molar-refractivity contribution in [3.05, 3.63) is 71.2 Å². The van der Waals surface area contributed by atoms with E-state index >= 15 is 0 Å². The fourth-order valence-electron chi connectivity index (χ4n) is 2.76. The molecule has 1 aromatic heterocycles. The molecule has 0 aliphatic carbocycles. The quantitative estimate of drug-likeness (QED) is 0.687. The number of esters is 1. The van der Waals surface area contributed by atoms with Crippen molar-refractivity contribution in [3.8, 4) is 0 Å². The predicted octanol–water partition coefficient (Wildman–Crippen LogP) is 3.65. The molecule has 2 N–H and O–H groups in total. The van der Waals surface area contributed by atoms with E-state index in [9.17, 15) is 14.0 Å². The third kappa shape index (κ3) is 3.91. The van der Waals surface area contributed by atoms with Crippen molar-refractivity contribution in [2.24, 2.45) is 0 Å². The second-order valence-electron chi connectivity index (χ2n) is 6.13. The van der Waals surface area contributed by atoms with E-state index in [1.165, 1.54) is 19.2 Å². The van der Waals surface area contributed by atoms with Gasteiger partial charge >= 0.3 is 5.97 Å². The largest absolute Gasteiger partial charge is 0.469 e. The maximum Gasteiger partial charge on any atom is 0.307 e. The summed E-state index contributed by atoms with van der Waals surface area (Å²) in [5.74, 6) is -1.17. The topological polar surface area (TPSA) is 71.2 Å². The molecule has 0 spiro atoms. The highest BCUT2D eigenvalue weighted by Gasteiger charge is 2.20. The van der Waals surface area contributed by atoms with Crippen LogP contribution in [0.5, 0.6) is 0 Å². The number of halogens is 1. The summed E-state index contributed by atoms with van der Waals surface area (Å²) in [6.45, 7) is 1.96. The van der Waals surface area contributed by atoms with Crippen LogP contribution < -0.4 is 5.32 Å². The Hall–Kier alpha value is -3.15. The molecule has 5 nitrogen and oxygen atoms in total. The summed E-state index contributed by atoms with van der Waals surface area (Å²) in [5, 5.41) is 3.45. The van der Waals surface area contributed by atoms with Gasteiger partial charge in [0.25, 0.3) is 5.91 Å². The zero-order chi connectivity index (χ0) is 18.7. The summed E-state index contributed by atoms with van der Waals surface area (Å²) in [7, 11) is 1.31. The van der Waals surface area contributed by atoms with Crippen LogP contribution in [0.25, 0.3) is 10.9 Å². The maximum absolute atomic E-state index is 13.3. The van der Waals surface area contributed by atoms with Crippen LogP contribution in [0.4, 0.5) is 4.39 Å². The minimum atomic E-state index is -0.529. The fraction of sp³-hybridized carbons (Fsp3) is 0.200. The average molecular weight is 354 g/mol. The van der Waals surface area contributed by atoms with Crippen molar-refractivity contribution in [3.63, 3.8) is 0 Å². The van der Waals surface area contributed by atoms with Crippen molar-refractivity contribution < 1.29 is 18.7 Å². The van der Waals surface area contributed by atoms with Gasteiger partial charge in [-0.1, -0.05) is 29.8 Å². The molecule has 0 fully saturated rings. The molecular weight excluding hydrogens is 335 g/mol. The Morgan fingerprint density at radius 3 is 2.58 bits per heavy atom. The third-order valence-corrected chi connectivity index (χ3v) is 4.21. The second kappa shape index (κ2) is 7.39. The minimum Gasteiger partial charge on any atom is -0.469 e. The molecule has 1 heterocycles. The van der Waals surface area contributed by atoms with Crippen LogP contribution in [0.2, 0.25) is 0 Å². The summed E-state index contributed by atoms with van der Waals surface area (Å²) >= 11 is 0. The summed E-state index contributed by atoms with van der Waals surface area (Å²) in [6.07, 6.45) is 0.0140. The Morgan fingerprint density at radius 2 is 1.88 bits per heavy atom. The number of rotatable bonds is 5. The number of hydrogen-bond donors (Lipinski definition) is 2. The molecule has 1 amide bonds. The van der Waals surface area contributed by atoms with Gasteiger partial charge in [0.15, 0.2) is 0 Å². The Balaban J connectivity index is 1.85.